The maximum atomic E-state index is 12.7. The van der Waals surface area contributed by atoms with E-state index in [1.54, 1.807) is 6.26 Å². The normalized spacial score (nSPS) is 16.6. The Balaban J connectivity index is 1.34. The van der Waals surface area contributed by atoms with E-state index in [0.717, 1.165) is 35.4 Å². The fourth-order valence-electron chi connectivity index (χ4n) is 3.77. The number of benzene rings is 1. The molecule has 150 valence electrons. The summed E-state index contributed by atoms with van der Waals surface area (Å²) in [6, 6.07) is 13.3. The number of likely N-dealkylation sites (tertiary alicyclic amines) is 1. The van der Waals surface area contributed by atoms with Crippen LogP contribution in [0.1, 0.15) is 18.4 Å². The largest absolute Gasteiger partial charge is 0.464 e. The highest BCUT2D eigenvalue weighted by atomic mass is 16.3. The van der Waals surface area contributed by atoms with Crippen LogP contribution in [-0.4, -0.2) is 34.4 Å². The number of nitrogens with one attached hydrogen (secondary N) is 1. The number of furan rings is 1. The molecular formula is C23H25N3O3. The summed E-state index contributed by atoms with van der Waals surface area (Å²) in [6.07, 6.45) is 7.55. The summed E-state index contributed by atoms with van der Waals surface area (Å²) < 4.78 is 7.32. The Bertz CT molecular complexity index is 973. The summed E-state index contributed by atoms with van der Waals surface area (Å²) in [5, 5.41) is 2.99. The van der Waals surface area contributed by atoms with E-state index < -0.39 is 0 Å². The third kappa shape index (κ3) is 4.59. The first kappa shape index (κ1) is 19.1. The van der Waals surface area contributed by atoms with E-state index >= 15 is 0 Å². The van der Waals surface area contributed by atoms with Crippen molar-refractivity contribution in [3.05, 3.63) is 66.7 Å². The summed E-state index contributed by atoms with van der Waals surface area (Å²) in [5.74, 6) is 0.653. The lowest BCUT2D eigenvalue weighted by atomic mass is 9.96. The highest BCUT2D eigenvalue weighted by Gasteiger charge is 2.28. The van der Waals surface area contributed by atoms with Crippen LogP contribution in [-0.2, 0) is 23.1 Å². The first-order chi connectivity index (χ1) is 14.1. The van der Waals surface area contributed by atoms with Crippen molar-refractivity contribution in [3.8, 4) is 11.3 Å². The molecule has 0 radical (unpaired) electrons. The van der Waals surface area contributed by atoms with Crippen molar-refractivity contribution >= 4 is 17.5 Å². The summed E-state index contributed by atoms with van der Waals surface area (Å²) >= 11 is 0. The minimum absolute atomic E-state index is 0.0343. The van der Waals surface area contributed by atoms with Crippen LogP contribution < -0.4 is 5.32 Å². The van der Waals surface area contributed by atoms with Gasteiger partial charge in [-0.05, 0) is 60.9 Å². The third-order valence-corrected chi connectivity index (χ3v) is 5.35. The molecule has 0 aliphatic carbocycles. The summed E-state index contributed by atoms with van der Waals surface area (Å²) in [5.41, 5.74) is 2.71. The Morgan fingerprint density at radius 3 is 2.69 bits per heavy atom. The van der Waals surface area contributed by atoms with Gasteiger partial charge in [-0.2, -0.15) is 0 Å². The molecule has 1 saturated heterocycles. The van der Waals surface area contributed by atoms with Gasteiger partial charge in [0.15, 0.2) is 0 Å². The second-order valence-corrected chi connectivity index (χ2v) is 7.58. The number of aryl methyl sites for hydroxylation is 1. The monoisotopic (exact) mass is 391 g/mol. The first-order valence-corrected chi connectivity index (χ1v) is 9.92. The predicted octanol–water partition coefficient (Wildman–Crippen LogP) is 3.70. The highest BCUT2D eigenvalue weighted by molar-refractivity contribution is 5.93. The molecule has 2 amide bonds. The smallest absolute Gasteiger partial charge is 0.229 e. The molecule has 1 aliphatic heterocycles. The van der Waals surface area contributed by atoms with Crippen LogP contribution >= 0.6 is 0 Å². The molecule has 1 unspecified atom stereocenters. The number of carbonyl (C=O) groups is 2. The van der Waals surface area contributed by atoms with Crippen molar-refractivity contribution < 1.29 is 14.0 Å². The third-order valence-electron chi connectivity index (χ3n) is 5.35. The number of carbonyl (C=O) groups excluding carboxylic acids is 2. The Morgan fingerprint density at radius 1 is 1.17 bits per heavy atom. The zero-order valence-corrected chi connectivity index (χ0v) is 16.5. The maximum Gasteiger partial charge on any atom is 0.229 e. The number of hydrogen-bond acceptors (Lipinski definition) is 3. The first-order valence-electron chi connectivity index (χ1n) is 9.92. The van der Waals surface area contributed by atoms with E-state index in [1.165, 1.54) is 0 Å². The molecule has 1 aromatic carbocycles. The van der Waals surface area contributed by atoms with Crippen LogP contribution in [0.25, 0.3) is 11.3 Å². The molecule has 1 atom stereocenters. The van der Waals surface area contributed by atoms with Gasteiger partial charge in [-0.3, -0.25) is 9.59 Å². The molecule has 1 aliphatic rings. The topological polar surface area (TPSA) is 67.5 Å². The lowest BCUT2D eigenvalue weighted by Crippen LogP contribution is -2.44. The average Bonchev–Trinajstić information content (AvgIpc) is 3.41. The standard InChI is InChI=1S/C23H25N3O3/c1-25-12-10-17(15-25)14-22(27)26-11-2-4-19(16-26)23(28)24-20-8-6-18(7-9-20)21-5-3-13-29-21/h3,5-10,12-13,15,19H,2,4,11,14,16H2,1H3,(H,24,28). The number of aromatic nitrogens is 1. The van der Waals surface area contributed by atoms with Gasteiger partial charge in [0.05, 0.1) is 18.6 Å². The highest BCUT2D eigenvalue weighted by Crippen LogP contribution is 2.23. The van der Waals surface area contributed by atoms with Gasteiger partial charge in [-0.1, -0.05) is 0 Å². The van der Waals surface area contributed by atoms with Crippen LogP contribution in [0.3, 0.4) is 0 Å². The van der Waals surface area contributed by atoms with Gasteiger partial charge in [0.1, 0.15) is 5.76 Å². The molecule has 0 saturated carbocycles. The molecule has 2 aromatic heterocycles. The van der Waals surface area contributed by atoms with E-state index in [4.69, 9.17) is 4.42 Å². The fraction of sp³-hybridized carbons (Fsp3) is 0.304. The lowest BCUT2D eigenvalue weighted by Gasteiger charge is -2.32. The number of piperidine rings is 1. The SMILES string of the molecule is Cn1ccc(CC(=O)N2CCCC(C(=O)Nc3ccc(-c4ccco4)cc3)C2)c1. The zero-order chi connectivity index (χ0) is 20.2. The quantitative estimate of drug-likeness (QED) is 0.721. The molecule has 4 rings (SSSR count). The molecule has 1 N–H and O–H groups in total. The Labute approximate surface area is 170 Å². The zero-order valence-electron chi connectivity index (χ0n) is 16.5. The van der Waals surface area contributed by atoms with E-state index in [1.807, 2.05) is 71.4 Å². The average molecular weight is 391 g/mol. The van der Waals surface area contributed by atoms with Crippen molar-refractivity contribution in [2.75, 3.05) is 18.4 Å². The fourth-order valence-corrected chi connectivity index (χ4v) is 3.77. The minimum Gasteiger partial charge on any atom is -0.464 e. The van der Waals surface area contributed by atoms with Crippen LogP contribution in [0.15, 0.2) is 65.5 Å². The number of rotatable bonds is 5. The van der Waals surface area contributed by atoms with E-state index in [-0.39, 0.29) is 17.7 Å². The van der Waals surface area contributed by atoms with Gasteiger partial charge in [-0.15, -0.1) is 0 Å². The molecule has 0 bridgehead atoms. The van der Waals surface area contributed by atoms with Crippen molar-refractivity contribution in [2.45, 2.75) is 19.3 Å². The van der Waals surface area contributed by atoms with Crippen LogP contribution in [0.5, 0.6) is 0 Å². The minimum atomic E-state index is -0.187. The molecule has 6 heteroatoms. The van der Waals surface area contributed by atoms with Crippen LogP contribution in [0.2, 0.25) is 0 Å². The maximum absolute atomic E-state index is 12.7. The van der Waals surface area contributed by atoms with Crippen LogP contribution in [0, 0.1) is 5.92 Å². The summed E-state index contributed by atoms with van der Waals surface area (Å²) in [4.78, 5) is 27.2. The van der Waals surface area contributed by atoms with Gasteiger partial charge in [0.25, 0.3) is 0 Å². The molecule has 3 heterocycles. The number of anilines is 1. The van der Waals surface area contributed by atoms with E-state index in [0.29, 0.717) is 19.5 Å². The van der Waals surface area contributed by atoms with Gasteiger partial charge in [0.2, 0.25) is 11.8 Å². The molecule has 0 spiro atoms. The number of amides is 2. The van der Waals surface area contributed by atoms with E-state index in [2.05, 4.69) is 5.32 Å². The van der Waals surface area contributed by atoms with Crippen molar-refractivity contribution in [1.82, 2.24) is 9.47 Å². The number of nitrogens with zero attached hydrogens (tertiary/aromatic N) is 2. The molecule has 3 aromatic rings. The van der Waals surface area contributed by atoms with Crippen LogP contribution in [0.4, 0.5) is 5.69 Å². The van der Waals surface area contributed by atoms with Gasteiger partial charge < -0.3 is 19.2 Å². The summed E-state index contributed by atoms with van der Waals surface area (Å²) in [7, 11) is 1.94. The Morgan fingerprint density at radius 2 is 2.00 bits per heavy atom. The molecule has 6 nitrogen and oxygen atoms in total. The number of hydrogen-bond donors (Lipinski definition) is 1. The molecule has 29 heavy (non-hydrogen) atoms. The predicted molar refractivity (Wildman–Crippen MR) is 111 cm³/mol. The Kier molecular flexibility index (Phi) is 5.51. The van der Waals surface area contributed by atoms with Gasteiger partial charge >= 0.3 is 0 Å². The van der Waals surface area contributed by atoms with E-state index in [9.17, 15) is 9.59 Å². The van der Waals surface area contributed by atoms with Gasteiger partial charge in [-0.25, -0.2) is 0 Å². The second kappa shape index (κ2) is 8.39. The lowest BCUT2D eigenvalue weighted by molar-refractivity contribution is -0.133. The van der Waals surface area contributed by atoms with Crippen molar-refractivity contribution in [1.29, 1.82) is 0 Å². The van der Waals surface area contributed by atoms with Crippen molar-refractivity contribution in [3.63, 3.8) is 0 Å². The molecular weight excluding hydrogens is 366 g/mol. The van der Waals surface area contributed by atoms with Gasteiger partial charge in [0, 0.05) is 43.8 Å². The second-order valence-electron chi connectivity index (χ2n) is 7.58. The van der Waals surface area contributed by atoms with Crippen molar-refractivity contribution in [2.24, 2.45) is 13.0 Å². The summed E-state index contributed by atoms with van der Waals surface area (Å²) in [6.45, 7) is 1.19. The Hall–Kier alpha value is -3.28. The molecule has 1 fully saturated rings.